The van der Waals surface area contributed by atoms with E-state index in [1.165, 1.54) is 18.3 Å². The van der Waals surface area contributed by atoms with E-state index in [9.17, 15) is 33.6 Å². The van der Waals surface area contributed by atoms with Crippen LogP contribution in [0.25, 0.3) is 0 Å². The molecule has 22 heteroatoms. The van der Waals surface area contributed by atoms with Crippen LogP contribution in [0.4, 0.5) is 21.5 Å². The molecule has 75 heavy (non-hydrogen) atoms. The number of halogens is 1. The van der Waals surface area contributed by atoms with Crippen molar-refractivity contribution in [2.75, 3.05) is 67.2 Å². The van der Waals surface area contributed by atoms with Gasteiger partial charge in [-0.1, -0.05) is 33.7 Å². The first kappa shape index (κ1) is 53.7. The third-order valence-electron chi connectivity index (χ3n) is 12.8. The van der Waals surface area contributed by atoms with Crippen LogP contribution in [0.5, 0.6) is 5.75 Å². The first-order valence-corrected chi connectivity index (χ1v) is 26.8. The Morgan fingerprint density at radius 3 is 2.41 bits per heavy atom. The standard InChI is InChI=1S/C53H60FN9O9S2.In/c1-53(2,31-46(64)59-58-44-18-21-60(3)45-29-39(14-15-40(44)45)71-26-5-7-50(68)72-63-48(66)16-17-49(63)67)74-73-27-19-47(65)62-24-22-61(23-25-62)38-12-9-34(10-13-38)51(69)56-33-36-8-11-37(28-43(36)54)57-52(70)42-30-41(42)35-6-4-20-55-32-35;/h4,6,8-15,20,28-29,32,41-42H,5,7,16-19,21-27,30-31,33H2,1-3H3,(H,56,69)(H,57,70)(H,59,64);/b58-44+;/t41-,42+;/m1./s1/i30D2;. The number of nitrogens with one attached hydrogen (secondary N) is 3. The maximum atomic E-state index is 15.1. The number of hydrazone groups is 1. The second-order valence-corrected chi connectivity index (χ2v) is 22.0. The Morgan fingerprint density at radius 1 is 0.933 bits per heavy atom. The predicted octanol–water partition coefficient (Wildman–Crippen LogP) is 6.23. The Hall–Kier alpha value is -6.13. The Kier molecular flexibility index (Phi) is 18.7. The van der Waals surface area contributed by atoms with Gasteiger partial charge in [-0.15, -0.1) is 5.06 Å². The van der Waals surface area contributed by atoms with Gasteiger partial charge < -0.3 is 34.9 Å². The zero-order valence-corrected chi connectivity index (χ0v) is 46.9. The zero-order valence-electron chi connectivity index (χ0n) is 44.0. The Labute approximate surface area is 464 Å². The number of hydrogen-bond acceptors (Lipinski definition) is 15. The summed E-state index contributed by atoms with van der Waals surface area (Å²) in [7, 11) is 5.07. The van der Waals surface area contributed by atoms with Gasteiger partial charge in [-0.2, -0.15) is 5.10 Å². The Balaban J connectivity index is 0.00000861. The van der Waals surface area contributed by atoms with Crippen molar-refractivity contribution in [1.82, 2.24) is 25.7 Å². The molecular weight excluding hydrogens is 1100 g/mol. The molecule has 8 rings (SSSR count). The molecule has 4 heterocycles. The molecule has 3 fully saturated rings. The van der Waals surface area contributed by atoms with Crippen LogP contribution in [0.2, 0.25) is 0 Å². The molecule has 0 bridgehead atoms. The minimum absolute atomic E-state index is 0. The fraction of sp³-hybridized carbons (Fsp3) is 0.415. The molecular formula is C53H60FInN9O9S2. The molecule has 1 aliphatic carbocycles. The molecule has 6 amide bonds. The van der Waals surface area contributed by atoms with Crippen LogP contribution in [0, 0.1) is 11.7 Å². The van der Waals surface area contributed by atoms with Gasteiger partial charge in [0.05, 0.1) is 18.7 Å². The van der Waals surface area contributed by atoms with E-state index in [1.54, 1.807) is 58.1 Å². The van der Waals surface area contributed by atoms with E-state index in [0.29, 0.717) is 79.7 Å². The molecule has 1 aromatic heterocycles. The third-order valence-corrected chi connectivity index (χ3v) is 16.0. The van der Waals surface area contributed by atoms with E-state index < -0.39 is 52.5 Å². The summed E-state index contributed by atoms with van der Waals surface area (Å²) in [5.74, 6) is -3.86. The summed E-state index contributed by atoms with van der Waals surface area (Å²) in [5.41, 5.74) is 7.55. The fourth-order valence-corrected chi connectivity index (χ4v) is 11.1. The zero-order chi connectivity index (χ0) is 54.1. The summed E-state index contributed by atoms with van der Waals surface area (Å²) in [5, 5.41) is 10.4. The van der Waals surface area contributed by atoms with Crippen molar-refractivity contribution in [3.8, 4) is 5.75 Å². The molecule has 3 aromatic carbocycles. The van der Waals surface area contributed by atoms with Crippen molar-refractivity contribution < 1.29 is 50.3 Å². The van der Waals surface area contributed by atoms with Gasteiger partial charge in [-0.05, 0) is 92.7 Å². The smallest absolute Gasteiger partial charge is 0.333 e. The number of piperazine rings is 1. The van der Waals surface area contributed by atoms with Crippen molar-refractivity contribution in [2.24, 2.45) is 11.0 Å². The number of imide groups is 1. The minimum atomic E-state index is -1.75. The molecule has 3 aliphatic heterocycles. The number of benzene rings is 3. The van der Waals surface area contributed by atoms with Crippen molar-refractivity contribution in [1.29, 1.82) is 0 Å². The molecule has 2 atom stereocenters. The van der Waals surface area contributed by atoms with Gasteiger partial charge in [0.1, 0.15) is 11.6 Å². The normalized spacial score (nSPS) is 18.8. The third kappa shape index (κ3) is 15.5. The quantitative estimate of drug-likeness (QED) is 0.0366. The van der Waals surface area contributed by atoms with Crippen LogP contribution < -0.4 is 30.6 Å². The number of nitrogens with zero attached hydrogens (tertiary/aromatic N) is 6. The van der Waals surface area contributed by atoms with Gasteiger partial charge in [-0.3, -0.25) is 33.8 Å². The van der Waals surface area contributed by atoms with E-state index in [2.05, 4.69) is 35.9 Å². The summed E-state index contributed by atoms with van der Waals surface area (Å²) in [6.07, 6.45) is 2.91. The van der Waals surface area contributed by atoms with Crippen molar-refractivity contribution in [2.45, 2.75) is 82.4 Å². The SMILES string of the molecule is [2H]C1([2H])[C@H](C(=O)Nc2ccc(CNC(=O)c3ccc(N4CCN(C(=O)CCSSC(C)(C)CC(=O)N/N=C5\CCN(C)c6cc(OCCCC(=O)ON7C(=O)CCC7=O)ccc65)CC4)cc3)c(F)c2)[C@H]1c1cccnc1.[In]. The van der Waals surface area contributed by atoms with Gasteiger partial charge in [-0.25, -0.2) is 14.6 Å². The van der Waals surface area contributed by atoms with Crippen LogP contribution in [-0.4, -0.2) is 145 Å². The number of anilines is 3. The number of amides is 6. The molecule has 4 aromatic rings. The number of ether oxygens (including phenoxy) is 1. The van der Waals surface area contributed by atoms with Crippen molar-refractivity contribution >= 4 is 112 Å². The number of hydrogen-bond donors (Lipinski definition) is 3. The maximum Gasteiger partial charge on any atom is 0.333 e. The summed E-state index contributed by atoms with van der Waals surface area (Å²) in [4.78, 5) is 103. The van der Waals surface area contributed by atoms with Gasteiger partial charge in [0.2, 0.25) is 17.7 Å². The first-order chi connectivity index (χ1) is 36.4. The van der Waals surface area contributed by atoms with E-state index in [4.69, 9.17) is 12.3 Å². The number of carbonyl (C=O) groups excluding carboxylic acids is 7. The van der Waals surface area contributed by atoms with E-state index in [1.807, 2.05) is 50.1 Å². The number of rotatable bonds is 21. The monoisotopic (exact) mass is 1170 g/mol. The van der Waals surface area contributed by atoms with E-state index >= 15 is 4.39 Å². The number of hydroxylamine groups is 2. The number of pyridine rings is 1. The summed E-state index contributed by atoms with van der Waals surface area (Å²) in [6.45, 7) is 7.10. The Morgan fingerprint density at radius 2 is 1.69 bits per heavy atom. The number of carbonyl (C=O) groups is 7. The maximum absolute atomic E-state index is 15.1. The van der Waals surface area contributed by atoms with Crippen LogP contribution in [0.1, 0.15) is 101 Å². The predicted molar refractivity (Wildman–Crippen MR) is 287 cm³/mol. The fourth-order valence-electron chi connectivity index (χ4n) is 8.61. The van der Waals surface area contributed by atoms with Gasteiger partial charge in [0.15, 0.2) is 0 Å². The molecule has 3 N–H and O–H groups in total. The van der Waals surface area contributed by atoms with Crippen LogP contribution >= 0.6 is 21.6 Å². The van der Waals surface area contributed by atoms with Crippen LogP contribution in [0.3, 0.4) is 0 Å². The molecule has 3 radical (unpaired) electrons. The molecule has 0 unspecified atom stereocenters. The second-order valence-electron chi connectivity index (χ2n) is 18.8. The average molecular weight is 1170 g/mol. The topological polar surface area (TPSA) is 212 Å². The summed E-state index contributed by atoms with van der Waals surface area (Å²) in [6, 6.07) is 20.2. The van der Waals surface area contributed by atoms with Gasteiger partial charge in [0.25, 0.3) is 17.7 Å². The van der Waals surface area contributed by atoms with Crippen molar-refractivity contribution in [3.05, 3.63) is 113 Å². The molecule has 18 nitrogen and oxygen atoms in total. The van der Waals surface area contributed by atoms with E-state index in [-0.39, 0.29) is 93.7 Å². The average Bonchev–Trinajstić information content (AvgIpc) is 4.12. The molecule has 0 spiro atoms. The van der Waals surface area contributed by atoms with Crippen LogP contribution in [-0.2, 0) is 40.1 Å². The van der Waals surface area contributed by atoms with E-state index in [0.717, 1.165) is 28.7 Å². The van der Waals surface area contributed by atoms with Crippen molar-refractivity contribution in [3.63, 3.8) is 0 Å². The molecule has 1 saturated carbocycles. The second kappa shape index (κ2) is 26.1. The molecule has 4 aliphatic rings. The number of aromatic nitrogens is 1. The van der Waals surface area contributed by atoms with Gasteiger partial charge in [0, 0.05) is 176 Å². The van der Waals surface area contributed by atoms with Gasteiger partial charge >= 0.3 is 5.97 Å². The van der Waals surface area contributed by atoms with Crippen LogP contribution in [0.15, 0.2) is 90.3 Å². The molecule has 2 saturated heterocycles. The first-order valence-electron chi connectivity index (χ1n) is 25.5. The Bertz CT molecular complexity index is 2870. The summed E-state index contributed by atoms with van der Waals surface area (Å²) >= 11 is 0. The summed E-state index contributed by atoms with van der Waals surface area (Å²) < 4.78 is 37.1. The largest absolute Gasteiger partial charge is 0.494 e. The minimum Gasteiger partial charge on any atom is -0.494 e. The molecule has 393 valence electrons. The number of fused-ring (bicyclic) bond motifs is 1.